The van der Waals surface area contributed by atoms with Gasteiger partial charge in [0.1, 0.15) is 0 Å². The molecular formula is C18H39NO. The fraction of sp³-hybridized carbons (Fsp3) is 1.00. The highest BCUT2D eigenvalue weighted by Gasteiger charge is 2.42. The van der Waals surface area contributed by atoms with Gasteiger partial charge >= 0.3 is 0 Å². The van der Waals surface area contributed by atoms with E-state index in [4.69, 9.17) is 5.73 Å². The van der Waals surface area contributed by atoms with Gasteiger partial charge in [-0.3, -0.25) is 0 Å². The number of rotatable bonds is 13. The van der Waals surface area contributed by atoms with E-state index in [9.17, 15) is 5.11 Å². The fourth-order valence-corrected chi connectivity index (χ4v) is 3.24. The van der Waals surface area contributed by atoms with Gasteiger partial charge < -0.3 is 10.8 Å². The van der Waals surface area contributed by atoms with Crippen LogP contribution >= 0.6 is 0 Å². The minimum atomic E-state index is -0.682. The largest absolute Gasteiger partial charge is 0.388 e. The molecule has 0 aromatic rings. The Balaban J connectivity index is 3.95. The quantitative estimate of drug-likeness (QED) is 0.458. The second-order valence-electron chi connectivity index (χ2n) is 6.47. The van der Waals surface area contributed by atoms with Crippen molar-refractivity contribution in [3.05, 3.63) is 0 Å². The van der Waals surface area contributed by atoms with E-state index >= 15 is 0 Å². The Labute approximate surface area is 127 Å². The van der Waals surface area contributed by atoms with Crippen LogP contribution in [0, 0.1) is 0 Å². The molecule has 0 rings (SSSR count). The minimum absolute atomic E-state index is 0.414. The third-order valence-corrected chi connectivity index (χ3v) is 5.22. The van der Waals surface area contributed by atoms with E-state index in [0.29, 0.717) is 0 Å². The number of unbranched alkanes of at least 4 members (excludes halogenated alkanes) is 7. The first kappa shape index (κ1) is 19.9. The van der Waals surface area contributed by atoms with E-state index in [-0.39, 0.29) is 0 Å². The minimum Gasteiger partial charge on any atom is -0.388 e. The zero-order valence-corrected chi connectivity index (χ0v) is 14.5. The highest BCUT2D eigenvalue weighted by atomic mass is 16.3. The maximum atomic E-state index is 10.9. The van der Waals surface area contributed by atoms with Crippen LogP contribution in [-0.4, -0.2) is 16.2 Å². The number of nitrogens with two attached hydrogens (primary N) is 1. The molecule has 0 aromatic heterocycles. The molecule has 122 valence electrons. The third-order valence-electron chi connectivity index (χ3n) is 5.22. The Bertz CT molecular complexity index is 225. The third kappa shape index (κ3) is 6.13. The highest BCUT2D eigenvalue weighted by Crippen LogP contribution is 2.34. The molecule has 0 amide bonds. The van der Waals surface area contributed by atoms with Crippen molar-refractivity contribution in [2.45, 2.75) is 116 Å². The van der Waals surface area contributed by atoms with E-state index in [0.717, 1.165) is 32.1 Å². The van der Waals surface area contributed by atoms with Crippen LogP contribution in [0.3, 0.4) is 0 Å². The lowest BCUT2D eigenvalue weighted by Gasteiger charge is -2.44. The number of hydrogen-bond acceptors (Lipinski definition) is 2. The van der Waals surface area contributed by atoms with E-state index in [2.05, 4.69) is 27.7 Å². The van der Waals surface area contributed by atoms with Gasteiger partial charge in [0.05, 0.1) is 5.60 Å². The summed E-state index contributed by atoms with van der Waals surface area (Å²) in [7, 11) is 0. The van der Waals surface area contributed by atoms with Gasteiger partial charge in [-0.2, -0.15) is 0 Å². The molecule has 0 bridgehead atoms. The highest BCUT2D eigenvalue weighted by molar-refractivity contribution is 5.01. The van der Waals surface area contributed by atoms with Crippen molar-refractivity contribution in [1.29, 1.82) is 0 Å². The average Bonchev–Trinajstić information content (AvgIpc) is 2.48. The Morgan fingerprint density at radius 3 is 1.55 bits per heavy atom. The lowest BCUT2D eigenvalue weighted by atomic mass is 9.72. The van der Waals surface area contributed by atoms with Crippen molar-refractivity contribution in [3.63, 3.8) is 0 Å². The SMILES string of the molecule is CCCCCCCCCCC(O)(CC)C(N)(CC)CC. The summed E-state index contributed by atoms with van der Waals surface area (Å²) >= 11 is 0. The van der Waals surface area contributed by atoms with Crippen LogP contribution in [0.4, 0.5) is 0 Å². The maximum Gasteiger partial charge on any atom is 0.0823 e. The molecule has 1 atom stereocenters. The first-order valence-electron chi connectivity index (χ1n) is 9.00. The normalized spacial score (nSPS) is 15.3. The Morgan fingerprint density at radius 1 is 0.700 bits per heavy atom. The Hall–Kier alpha value is -0.0800. The van der Waals surface area contributed by atoms with Crippen LogP contribution in [0.5, 0.6) is 0 Å². The Kier molecular flexibility index (Phi) is 10.6. The topological polar surface area (TPSA) is 46.2 Å². The van der Waals surface area contributed by atoms with Crippen molar-refractivity contribution in [3.8, 4) is 0 Å². The van der Waals surface area contributed by atoms with Crippen LogP contribution in [-0.2, 0) is 0 Å². The van der Waals surface area contributed by atoms with Gasteiger partial charge in [-0.25, -0.2) is 0 Å². The summed E-state index contributed by atoms with van der Waals surface area (Å²) in [6.07, 6.45) is 13.8. The zero-order valence-electron chi connectivity index (χ0n) is 14.5. The average molecular weight is 286 g/mol. The van der Waals surface area contributed by atoms with Gasteiger partial charge in [0.2, 0.25) is 0 Å². The van der Waals surface area contributed by atoms with Gasteiger partial charge in [-0.1, -0.05) is 79.1 Å². The standard InChI is InChI=1S/C18H39NO/c1-5-9-10-11-12-13-14-15-16-18(20,8-4)17(19,6-2)7-3/h20H,5-16,19H2,1-4H3. The van der Waals surface area contributed by atoms with E-state index < -0.39 is 11.1 Å². The summed E-state index contributed by atoms with van der Waals surface area (Å²) in [4.78, 5) is 0. The second-order valence-corrected chi connectivity index (χ2v) is 6.47. The molecule has 20 heavy (non-hydrogen) atoms. The molecule has 0 heterocycles. The first-order valence-corrected chi connectivity index (χ1v) is 9.00. The smallest absolute Gasteiger partial charge is 0.0823 e. The van der Waals surface area contributed by atoms with Gasteiger partial charge in [0, 0.05) is 5.54 Å². The lowest BCUT2D eigenvalue weighted by molar-refractivity contribution is -0.0520. The molecule has 1 unspecified atom stereocenters. The van der Waals surface area contributed by atoms with Crippen molar-refractivity contribution in [2.75, 3.05) is 0 Å². The lowest BCUT2D eigenvalue weighted by Crippen LogP contribution is -2.59. The molecule has 0 aliphatic rings. The summed E-state index contributed by atoms with van der Waals surface area (Å²) in [5, 5.41) is 10.9. The molecular weight excluding hydrogens is 246 g/mol. The van der Waals surface area contributed by atoms with Crippen molar-refractivity contribution >= 4 is 0 Å². The molecule has 3 N–H and O–H groups in total. The van der Waals surface area contributed by atoms with Crippen LogP contribution in [0.25, 0.3) is 0 Å². The predicted octanol–water partition coefficient (Wildman–Crippen LogP) is 5.18. The van der Waals surface area contributed by atoms with Crippen LogP contribution in [0.2, 0.25) is 0 Å². The number of hydrogen-bond donors (Lipinski definition) is 2. The van der Waals surface area contributed by atoms with E-state index in [1.165, 1.54) is 44.9 Å². The number of aliphatic hydroxyl groups is 1. The summed E-state index contributed by atoms with van der Waals surface area (Å²) in [5.74, 6) is 0. The molecule has 0 aromatic carbocycles. The summed E-state index contributed by atoms with van der Waals surface area (Å²) in [6, 6.07) is 0. The van der Waals surface area contributed by atoms with Crippen molar-refractivity contribution in [2.24, 2.45) is 5.73 Å². The Morgan fingerprint density at radius 2 is 1.15 bits per heavy atom. The molecule has 2 nitrogen and oxygen atoms in total. The molecule has 0 radical (unpaired) electrons. The van der Waals surface area contributed by atoms with Crippen LogP contribution < -0.4 is 5.73 Å². The second kappa shape index (κ2) is 10.6. The molecule has 2 heteroatoms. The van der Waals surface area contributed by atoms with Gasteiger partial charge in [-0.15, -0.1) is 0 Å². The monoisotopic (exact) mass is 285 g/mol. The molecule has 0 spiro atoms. The van der Waals surface area contributed by atoms with Gasteiger partial charge in [-0.05, 0) is 25.7 Å². The van der Waals surface area contributed by atoms with Gasteiger partial charge in [0.25, 0.3) is 0 Å². The van der Waals surface area contributed by atoms with Crippen molar-refractivity contribution in [1.82, 2.24) is 0 Å². The molecule has 0 saturated heterocycles. The van der Waals surface area contributed by atoms with Crippen LogP contribution in [0.1, 0.15) is 105 Å². The summed E-state index contributed by atoms with van der Waals surface area (Å²) < 4.78 is 0. The maximum absolute atomic E-state index is 10.9. The molecule has 0 aliphatic heterocycles. The van der Waals surface area contributed by atoms with E-state index in [1.807, 2.05) is 0 Å². The summed E-state index contributed by atoms with van der Waals surface area (Å²) in [5.41, 5.74) is 5.34. The fourth-order valence-electron chi connectivity index (χ4n) is 3.24. The van der Waals surface area contributed by atoms with Crippen LogP contribution in [0.15, 0.2) is 0 Å². The van der Waals surface area contributed by atoms with E-state index in [1.54, 1.807) is 0 Å². The molecule has 0 saturated carbocycles. The van der Waals surface area contributed by atoms with Crippen molar-refractivity contribution < 1.29 is 5.11 Å². The molecule has 0 fully saturated rings. The summed E-state index contributed by atoms with van der Waals surface area (Å²) in [6.45, 7) is 8.51. The first-order chi connectivity index (χ1) is 9.49. The zero-order chi connectivity index (χ0) is 15.5. The van der Waals surface area contributed by atoms with Gasteiger partial charge in [0.15, 0.2) is 0 Å². The molecule has 0 aliphatic carbocycles. The predicted molar refractivity (Wildman–Crippen MR) is 90.0 cm³/mol.